The van der Waals surface area contributed by atoms with Gasteiger partial charge in [0.25, 0.3) is 5.91 Å². The maximum atomic E-state index is 12.8. The van der Waals surface area contributed by atoms with E-state index in [0.29, 0.717) is 11.7 Å². The molecule has 0 bridgehead atoms. The van der Waals surface area contributed by atoms with Gasteiger partial charge in [-0.05, 0) is 32.5 Å². The Hall–Kier alpha value is -1.29. The molecule has 3 saturated heterocycles. The number of rotatable bonds is 5. The molecule has 0 saturated carbocycles. The summed E-state index contributed by atoms with van der Waals surface area (Å²) in [5.41, 5.74) is 0. The SMILES string of the molecule is CCCCN1C(=O)[C@H]([C@@H]2O[C@@H]3OC(C)(C)O[C@@H]3[C@H]2OC(C)=O)NC1=S. The van der Waals surface area contributed by atoms with Gasteiger partial charge in [0.1, 0.15) is 12.1 Å². The highest BCUT2D eigenvalue weighted by atomic mass is 32.1. The van der Waals surface area contributed by atoms with Gasteiger partial charge in [-0.15, -0.1) is 0 Å². The summed E-state index contributed by atoms with van der Waals surface area (Å²) in [6.45, 7) is 7.43. The molecule has 0 spiro atoms. The molecule has 5 atom stereocenters. The fraction of sp³-hybridized carbons (Fsp3) is 0.812. The molecule has 0 aromatic carbocycles. The van der Waals surface area contributed by atoms with Crippen molar-refractivity contribution in [2.45, 2.75) is 77.0 Å². The average molecular weight is 372 g/mol. The van der Waals surface area contributed by atoms with Crippen LogP contribution in [0.5, 0.6) is 0 Å². The maximum Gasteiger partial charge on any atom is 0.303 e. The Morgan fingerprint density at radius 1 is 1.36 bits per heavy atom. The zero-order valence-corrected chi connectivity index (χ0v) is 15.6. The van der Waals surface area contributed by atoms with E-state index in [-0.39, 0.29) is 5.91 Å². The summed E-state index contributed by atoms with van der Waals surface area (Å²) in [5.74, 6) is -1.49. The van der Waals surface area contributed by atoms with Crippen molar-refractivity contribution in [1.29, 1.82) is 0 Å². The molecular weight excluding hydrogens is 348 g/mol. The number of hydrogen-bond donors (Lipinski definition) is 1. The summed E-state index contributed by atoms with van der Waals surface area (Å²) in [4.78, 5) is 25.8. The van der Waals surface area contributed by atoms with Crippen molar-refractivity contribution in [2.24, 2.45) is 0 Å². The maximum absolute atomic E-state index is 12.8. The normalized spacial score (nSPS) is 36.5. The molecule has 3 aliphatic rings. The second-order valence-corrected chi connectivity index (χ2v) is 7.30. The Bertz CT molecular complexity index is 583. The van der Waals surface area contributed by atoms with Crippen molar-refractivity contribution in [3.63, 3.8) is 0 Å². The second-order valence-electron chi connectivity index (χ2n) is 6.91. The van der Waals surface area contributed by atoms with Gasteiger partial charge in [-0.3, -0.25) is 14.5 Å². The van der Waals surface area contributed by atoms with Gasteiger partial charge in [-0.1, -0.05) is 13.3 Å². The minimum atomic E-state index is -0.839. The summed E-state index contributed by atoms with van der Waals surface area (Å²) in [6.07, 6.45) is -0.959. The van der Waals surface area contributed by atoms with Crippen LogP contribution in [0.4, 0.5) is 0 Å². The number of nitrogens with one attached hydrogen (secondary N) is 1. The molecule has 25 heavy (non-hydrogen) atoms. The first-order chi connectivity index (χ1) is 11.7. The number of thiocarbonyl (C=S) groups is 1. The fourth-order valence-corrected chi connectivity index (χ4v) is 3.70. The summed E-state index contributed by atoms with van der Waals surface area (Å²) in [7, 11) is 0. The molecule has 3 heterocycles. The molecule has 8 nitrogen and oxygen atoms in total. The standard InChI is InChI=1S/C16H24N2O6S/c1-5-6-7-18-13(20)9(17-15(18)25)10-11(21-8(2)19)12-14(22-10)24-16(3,4)23-12/h9-12,14H,5-7H2,1-4H3,(H,17,25)/t9-,10-,11-,12+,14+/m0/s1. The lowest BCUT2D eigenvalue weighted by Crippen LogP contribution is -2.50. The van der Waals surface area contributed by atoms with E-state index in [0.717, 1.165) is 12.8 Å². The third kappa shape index (κ3) is 3.51. The highest BCUT2D eigenvalue weighted by Gasteiger charge is 2.60. The number of unbranched alkanes of at least 4 members (excludes halogenated alkanes) is 1. The first-order valence-corrected chi connectivity index (χ1v) is 8.94. The molecule has 0 radical (unpaired) electrons. The zero-order valence-electron chi connectivity index (χ0n) is 14.8. The van der Waals surface area contributed by atoms with E-state index in [9.17, 15) is 9.59 Å². The van der Waals surface area contributed by atoms with Crippen molar-refractivity contribution in [1.82, 2.24) is 10.2 Å². The first-order valence-electron chi connectivity index (χ1n) is 8.53. The predicted molar refractivity (Wildman–Crippen MR) is 90.4 cm³/mol. The lowest BCUT2D eigenvalue weighted by Gasteiger charge is -2.27. The highest BCUT2D eigenvalue weighted by Crippen LogP contribution is 2.40. The number of carbonyl (C=O) groups excluding carboxylic acids is 2. The summed E-state index contributed by atoms with van der Waals surface area (Å²) in [6, 6.07) is -0.727. The van der Waals surface area contributed by atoms with Crippen LogP contribution in [0.3, 0.4) is 0 Å². The summed E-state index contributed by atoms with van der Waals surface area (Å²) >= 11 is 5.28. The van der Waals surface area contributed by atoms with Crippen molar-refractivity contribution < 1.29 is 28.5 Å². The molecule has 0 aliphatic carbocycles. The molecular formula is C16H24N2O6S. The second kappa shape index (κ2) is 6.79. The van der Waals surface area contributed by atoms with E-state index >= 15 is 0 Å². The van der Waals surface area contributed by atoms with Crippen LogP contribution in [0.2, 0.25) is 0 Å². The number of hydrogen-bond acceptors (Lipinski definition) is 7. The smallest absolute Gasteiger partial charge is 0.303 e. The van der Waals surface area contributed by atoms with Crippen LogP contribution in [-0.2, 0) is 28.5 Å². The molecule has 1 N–H and O–H groups in total. The van der Waals surface area contributed by atoms with Gasteiger partial charge in [-0.2, -0.15) is 0 Å². The lowest BCUT2D eigenvalue weighted by molar-refractivity contribution is -0.220. The van der Waals surface area contributed by atoms with Crippen LogP contribution in [0.15, 0.2) is 0 Å². The largest absolute Gasteiger partial charge is 0.457 e. The van der Waals surface area contributed by atoms with Gasteiger partial charge >= 0.3 is 5.97 Å². The van der Waals surface area contributed by atoms with E-state index in [4.69, 9.17) is 31.2 Å². The summed E-state index contributed by atoms with van der Waals surface area (Å²) < 4.78 is 22.8. The van der Waals surface area contributed by atoms with Crippen LogP contribution in [-0.4, -0.2) is 64.9 Å². The molecule has 140 valence electrons. The number of nitrogens with zero attached hydrogens (tertiary/aromatic N) is 1. The molecule has 3 rings (SSSR count). The first kappa shape index (κ1) is 18.5. The van der Waals surface area contributed by atoms with Crippen molar-refractivity contribution >= 4 is 29.2 Å². The number of amides is 1. The number of carbonyl (C=O) groups is 2. The van der Waals surface area contributed by atoms with Gasteiger partial charge in [0.2, 0.25) is 0 Å². The Balaban J connectivity index is 1.78. The number of fused-ring (bicyclic) bond motifs is 1. The van der Waals surface area contributed by atoms with E-state index in [2.05, 4.69) is 5.32 Å². The van der Waals surface area contributed by atoms with E-state index in [1.165, 1.54) is 11.8 Å². The number of ether oxygens (including phenoxy) is 4. The van der Waals surface area contributed by atoms with Crippen molar-refractivity contribution in [3.05, 3.63) is 0 Å². The molecule has 9 heteroatoms. The molecule has 0 aromatic rings. The highest BCUT2D eigenvalue weighted by molar-refractivity contribution is 7.80. The van der Waals surface area contributed by atoms with Crippen LogP contribution >= 0.6 is 12.2 Å². The van der Waals surface area contributed by atoms with E-state index < -0.39 is 42.4 Å². The van der Waals surface area contributed by atoms with E-state index in [1.54, 1.807) is 13.8 Å². The third-order valence-corrected chi connectivity index (χ3v) is 4.79. The Kier molecular flexibility index (Phi) is 5.02. The van der Waals surface area contributed by atoms with Crippen LogP contribution in [0, 0.1) is 0 Å². The minimum Gasteiger partial charge on any atom is -0.457 e. The summed E-state index contributed by atoms with van der Waals surface area (Å²) in [5, 5.41) is 3.37. The van der Waals surface area contributed by atoms with Crippen LogP contribution in [0.1, 0.15) is 40.5 Å². The van der Waals surface area contributed by atoms with Crippen LogP contribution < -0.4 is 5.32 Å². The minimum absolute atomic E-state index is 0.181. The van der Waals surface area contributed by atoms with Crippen molar-refractivity contribution in [2.75, 3.05) is 6.54 Å². The zero-order chi connectivity index (χ0) is 18.4. The Labute approximate surface area is 152 Å². The van der Waals surface area contributed by atoms with Gasteiger partial charge in [0, 0.05) is 13.5 Å². The topological polar surface area (TPSA) is 86.3 Å². The van der Waals surface area contributed by atoms with E-state index in [1.807, 2.05) is 6.92 Å². The quantitative estimate of drug-likeness (QED) is 0.557. The average Bonchev–Trinajstić information content (AvgIpc) is 3.07. The molecule has 3 aliphatic heterocycles. The molecule has 3 fully saturated rings. The molecule has 0 aromatic heterocycles. The third-order valence-electron chi connectivity index (χ3n) is 4.45. The van der Waals surface area contributed by atoms with Gasteiger partial charge < -0.3 is 24.3 Å². The Morgan fingerprint density at radius 3 is 2.72 bits per heavy atom. The van der Waals surface area contributed by atoms with Gasteiger partial charge in [-0.25, -0.2) is 0 Å². The Morgan fingerprint density at radius 2 is 2.08 bits per heavy atom. The fourth-order valence-electron chi connectivity index (χ4n) is 3.39. The van der Waals surface area contributed by atoms with Crippen molar-refractivity contribution in [3.8, 4) is 0 Å². The van der Waals surface area contributed by atoms with Gasteiger partial charge in [0.05, 0.1) is 0 Å². The van der Waals surface area contributed by atoms with Crippen LogP contribution in [0.25, 0.3) is 0 Å². The lowest BCUT2D eigenvalue weighted by atomic mass is 10.0. The number of esters is 1. The predicted octanol–water partition coefficient (Wildman–Crippen LogP) is 0.680. The van der Waals surface area contributed by atoms with Gasteiger partial charge in [0.15, 0.2) is 29.4 Å². The molecule has 0 unspecified atom stereocenters. The molecule has 1 amide bonds. The monoisotopic (exact) mass is 372 g/mol.